The van der Waals surface area contributed by atoms with Gasteiger partial charge in [-0.15, -0.1) is 0 Å². The smallest absolute Gasteiger partial charge is 0.246 e. The van der Waals surface area contributed by atoms with Crippen molar-refractivity contribution in [3.63, 3.8) is 0 Å². The molecule has 0 aromatic carbocycles. The van der Waals surface area contributed by atoms with Crippen LogP contribution in [0.1, 0.15) is 66.7 Å². The van der Waals surface area contributed by atoms with Crippen LogP contribution in [0, 0.1) is 11.3 Å². The molecule has 2 atom stereocenters. The molecule has 0 aromatic heterocycles. The summed E-state index contributed by atoms with van der Waals surface area (Å²) in [6, 6.07) is 0. The van der Waals surface area contributed by atoms with Crippen LogP contribution >= 0.6 is 0 Å². The van der Waals surface area contributed by atoms with E-state index in [1.807, 2.05) is 13.0 Å². The highest BCUT2D eigenvalue weighted by Crippen LogP contribution is 2.55. The second kappa shape index (κ2) is 8.41. The summed E-state index contributed by atoms with van der Waals surface area (Å²) in [7, 11) is 0. The Bertz CT molecular complexity index is 392. The highest BCUT2D eigenvalue weighted by atomic mass is 16.2. The Balaban J connectivity index is 2.49. The summed E-state index contributed by atoms with van der Waals surface area (Å²) in [6.45, 7) is 12.6. The lowest BCUT2D eigenvalue weighted by molar-refractivity contribution is -0.126. The topological polar surface area (TPSA) is 20.3 Å². The summed E-state index contributed by atoms with van der Waals surface area (Å²) in [5, 5.41) is 0. The van der Waals surface area contributed by atoms with Gasteiger partial charge in [-0.2, -0.15) is 0 Å². The molecule has 0 N–H and O–H groups in total. The summed E-state index contributed by atoms with van der Waals surface area (Å²) in [6.07, 6.45) is 11.8. The molecule has 1 saturated carbocycles. The van der Waals surface area contributed by atoms with E-state index >= 15 is 0 Å². The molecular formula is C19H33NO. The SMILES string of the molecule is C/C=C/C(=O)N(CCCC)CC1CC1(C)CCC=C(C)C. The fraction of sp³-hybridized carbons (Fsp3) is 0.737. The van der Waals surface area contributed by atoms with Gasteiger partial charge in [-0.25, -0.2) is 0 Å². The first kappa shape index (κ1) is 18.0. The van der Waals surface area contributed by atoms with E-state index in [1.165, 1.54) is 24.8 Å². The monoisotopic (exact) mass is 291 g/mol. The third-order valence-corrected chi connectivity index (χ3v) is 4.65. The van der Waals surface area contributed by atoms with Crippen molar-refractivity contribution in [3.8, 4) is 0 Å². The van der Waals surface area contributed by atoms with Gasteiger partial charge in [0.05, 0.1) is 0 Å². The molecular weight excluding hydrogens is 258 g/mol. The number of allylic oxidation sites excluding steroid dienone is 3. The van der Waals surface area contributed by atoms with Crippen LogP contribution in [0.4, 0.5) is 0 Å². The summed E-state index contributed by atoms with van der Waals surface area (Å²) in [5.41, 5.74) is 1.86. The van der Waals surface area contributed by atoms with Crippen LogP contribution < -0.4 is 0 Å². The average Bonchev–Trinajstić information content (AvgIpc) is 3.04. The van der Waals surface area contributed by atoms with Crippen molar-refractivity contribution >= 4 is 5.91 Å². The van der Waals surface area contributed by atoms with E-state index in [1.54, 1.807) is 6.08 Å². The van der Waals surface area contributed by atoms with Gasteiger partial charge in [0.15, 0.2) is 0 Å². The zero-order valence-electron chi connectivity index (χ0n) is 14.6. The molecule has 0 radical (unpaired) electrons. The van der Waals surface area contributed by atoms with E-state index in [0.29, 0.717) is 11.3 Å². The van der Waals surface area contributed by atoms with E-state index in [2.05, 4.69) is 38.7 Å². The van der Waals surface area contributed by atoms with E-state index in [0.717, 1.165) is 25.9 Å². The third-order valence-electron chi connectivity index (χ3n) is 4.65. The number of hydrogen-bond acceptors (Lipinski definition) is 1. The minimum atomic E-state index is 0.185. The number of hydrogen-bond donors (Lipinski definition) is 0. The van der Waals surface area contributed by atoms with Gasteiger partial charge in [-0.3, -0.25) is 4.79 Å². The second-order valence-electron chi connectivity index (χ2n) is 7.01. The van der Waals surface area contributed by atoms with E-state index in [4.69, 9.17) is 0 Å². The molecule has 0 saturated heterocycles. The number of carbonyl (C=O) groups excluding carboxylic acids is 1. The highest BCUT2D eigenvalue weighted by Gasteiger charge is 2.49. The maximum atomic E-state index is 12.2. The van der Waals surface area contributed by atoms with Crippen molar-refractivity contribution in [3.05, 3.63) is 23.8 Å². The molecule has 1 aliphatic rings. The Morgan fingerprint density at radius 2 is 2.10 bits per heavy atom. The quantitative estimate of drug-likeness (QED) is 0.434. The van der Waals surface area contributed by atoms with Crippen molar-refractivity contribution in [2.45, 2.75) is 66.7 Å². The molecule has 1 rings (SSSR count). The van der Waals surface area contributed by atoms with Gasteiger partial charge in [0.2, 0.25) is 5.91 Å². The number of amides is 1. The maximum absolute atomic E-state index is 12.2. The average molecular weight is 291 g/mol. The zero-order chi connectivity index (χ0) is 15.9. The fourth-order valence-corrected chi connectivity index (χ4v) is 2.94. The van der Waals surface area contributed by atoms with Crippen LogP contribution in [0.5, 0.6) is 0 Å². The second-order valence-corrected chi connectivity index (χ2v) is 7.01. The van der Waals surface area contributed by atoms with E-state index < -0.39 is 0 Å². The molecule has 0 spiro atoms. The van der Waals surface area contributed by atoms with Crippen molar-refractivity contribution in [1.82, 2.24) is 4.90 Å². The molecule has 0 heterocycles. The number of unbranched alkanes of at least 4 members (excludes halogenated alkanes) is 1. The zero-order valence-corrected chi connectivity index (χ0v) is 14.6. The Labute approximate surface area is 131 Å². The van der Waals surface area contributed by atoms with E-state index in [9.17, 15) is 4.79 Å². The molecule has 1 amide bonds. The minimum absolute atomic E-state index is 0.185. The van der Waals surface area contributed by atoms with Crippen LogP contribution in [0.3, 0.4) is 0 Å². The molecule has 1 aliphatic carbocycles. The molecule has 21 heavy (non-hydrogen) atoms. The summed E-state index contributed by atoms with van der Waals surface area (Å²) in [4.78, 5) is 14.2. The summed E-state index contributed by atoms with van der Waals surface area (Å²) in [5.74, 6) is 0.874. The molecule has 2 heteroatoms. The van der Waals surface area contributed by atoms with Crippen LogP contribution in [0.15, 0.2) is 23.8 Å². The first-order chi connectivity index (χ1) is 9.92. The predicted molar refractivity (Wildman–Crippen MR) is 91.2 cm³/mol. The van der Waals surface area contributed by atoms with Crippen molar-refractivity contribution in [2.75, 3.05) is 13.1 Å². The van der Waals surface area contributed by atoms with Gasteiger partial charge < -0.3 is 4.90 Å². The number of nitrogens with zero attached hydrogens (tertiary/aromatic N) is 1. The first-order valence-electron chi connectivity index (χ1n) is 8.48. The molecule has 0 bridgehead atoms. The van der Waals surface area contributed by atoms with Crippen molar-refractivity contribution in [1.29, 1.82) is 0 Å². The lowest BCUT2D eigenvalue weighted by Gasteiger charge is -2.22. The third kappa shape index (κ3) is 6.07. The summed E-state index contributed by atoms with van der Waals surface area (Å²) < 4.78 is 0. The Morgan fingerprint density at radius 1 is 1.38 bits per heavy atom. The lowest BCUT2D eigenvalue weighted by Crippen LogP contribution is -2.33. The van der Waals surface area contributed by atoms with Crippen LogP contribution in [-0.4, -0.2) is 23.9 Å². The molecule has 1 fully saturated rings. The van der Waals surface area contributed by atoms with Crippen molar-refractivity contribution < 1.29 is 4.79 Å². The summed E-state index contributed by atoms with van der Waals surface area (Å²) >= 11 is 0. The van der Waals surface area contributed by atoms with Gasteiger partial charge in [0, 0.05) is 13.1 Å². The highest BCUT2D eigenvalue weighted by molar-refractivity contribution is 5.87. The van der Waals surface area contributed by atoms with E-state index in [-0.39, 0.29) is 5.91 Å². The van der Waals surface area contributed by atoms with Gasteiger partial charge in [-0.1, -0.05) is 38.0 Å². The molecule has 2 nitrogen and oxygen atoms in total. The van der Waals surface area contributed by atoms with Gasteiger partial charge in [0.25, 0.3) is 0 Å². The standard InChI is InChI=1S/C19H33NO/c1-6-8-13-20(18(21)10-7-2)15-17-14-19(17,5)12-9-11-16(3)4/h7,10-11,17H,6,8-9,12-15H2,1-5H3/b10-7+. The molecule has 0 aromatic rings. The minimum Gasteiger partial charge on any atom is -0.339 e. The Morgan fingerprint density at radius 3 is 2.67 bits per heavy atom. The maximum Gasteiger partial charge on any atom is 0.246 e. The van der Waals surface area contributed by atoms with Gasteiger partial charge in [-0.05, 0) is 63.9 Å². The number of rotatable bonds is 9. The van der Waals surface area contributed by atoms with Crippen molar-refractivity contribution in [2.24, 2.45) is 11.3 Å². The number of carbonyl (C=O) groups is 1. The largest absolute Gasteiger partial charge is 0.339 e. The Kier molecular flexibility index (Phi) is 7.21. The Hall–Kier alpha value is -1.05. The fourth-order valence-electron chi connectivity index (χ4n) is 2.94. The molecule has 120 valence electrons. The molecule has 0 aliphatic heterocycles. The molecule has 2 unspecified atom stereocenters. The van der Waals surface area contributed by atoms with Crippen LogP contribution in [0.25, 0.3) is 0 Å². The normalized spacial score (nSPS) is 24.1. The first-order valence-corrected chi connectivity index (χ1v) is 8.48. The van der Waals surface area contributed by atoms with Gasteiger partial charge in [0.1, 0.15) is 0 Å². The van der Waals surface area contributed by atoms with Gasteiger partial charge >= 0.3 is 0 Å². The lowest BCUT2D eigenvalue weighted by atomic mass is 9.98. The predicted octanol–water partition coefficient (Wildman–Crippen LogP) is 4.96. The van der Waals surface area contributed by atoms with Crippen LogP contribution in [-0.2, 0) is 4.79 Å². The van der Waals surface area contributed by atoms with Crippen LogP contribution in [0.2, 0.25) is 0 Å².